The molecule has 3 rings (SSSR count). The Labute approximate surface area is 144 Å². The number of aliphatic hydroxyl groups excluding tert-OH is 1. The molecule has 5 nitrogen and oxygen atoms in total. The summed E-state index contributed by atoms with van der Waals surface area (Å²) >= 11 is 0. The summed E-state index contributed by atoms with van der Waals surface area (Å²) in [5.74, 6) is 0.621. The van der Waals surface area contributed by atoms with E-state index in [2.05, 4.69) is 4.90 Å². The minimum atomic E-state index is -0.202. The summed E-state index contributed by atoms with van der Waals surface area (Å²) in [6.07, 6.45) is 4.15. The van der Waals surface area contributed by atoms with E-state index in [-0.39, 0.29) is 12.7 Å². The van der Waals surface area contributed by atoms with E-state index in [0.29, 0.717) is 18.6 Å². The number of benzene rings is 1. The van der Waals surface area contributed by atoms with E-state index >= 15 is 0 Å². The molecule has 2 aliphatic rings. The Hall–Kier alpha value is -1.59. The average Bonchev–Trinajstić information content (AvgIpc) is 3.08. The minimum absolute atomic E-state index is 0.202. The molecule has 0 unspecified atom stereocenters. The lowest BCUT2D eigenvalue weighted by molar-refractivity contribution is 0.0731. The molecule has 0 saturated carbocycles. The number of ether oxygens (including phenoxy) is 1. The first-order valence-electron chi connectivity index (χ1n) is 9.07. The number of aliphatic hydroxyl groups is 1. The lowest BCUT2D eigenvalue weighted by Gasteiger charge is -2.34. The van der Waals surface area contributed by atoms with Crippen molar-refractivity contribution in [2.24, 2.45) is 5.92 Å². The van der Waals surface area contributed by atoms with Crippen LogP contribution in [0.3, 0.4) is 0 Å². The third-order valence-electron chi connectivity index (χ3n) is 5.28. The zero-order valence-corrected chi connectivity index (χ0v) is 14.3. The van der Waals surface area contributed by atoms with E-state index in [4.69, 9.17) is 4.74 Å². The Morgan fingerprint density at radius 2 is 1.88 bits per heavy atom. The number of likely N-dealkylation sites (tertiary alicyclic amines) is 2. The van der Waals surface area contributed by atoms with Gasteiger partial charge in [0.05, 0.1) is 6.61 Å². The van der Waals surface area contributed by atoms with Crippen LogP contribution >= 0.6 is 0 Å². The number of carbonyl (C=O) groups excluding carboxylic acids is 1. The monoisotopic (exact) mass is 332 g/mol. The predicted molar refractivity (Wildman–Crippen MR) is 92.6 cm³/mol. The van der Waals surface area contributed by atoms with Crippen molar-refractivity contribution in [3.63, 3.8) is 0 Å². The van der Waals surface area contributed by atoms with Crippen molar-refractivity contribution in [1.82, 2.24) is 9.80 Å². The second kappa shape index (κ2) is 8.49. The molecule has 1 aromatic rings. The van der Waals surface area contributed by atoms with E-state index in [1.807, 2.05) is 35.2 Å². The van der Waals surface area contributed by atoms with Crippen LogP contribution in [0.2, 0.25) is 0 Å². The van der Waals surface area contributed by atoms with Gasteiger partial charge in [-0.3, -0.25) is 4.90 Å². The van der Waals surface area contributed by atoms with Crippen LogP contribution in [-0.4, -0.2) is 59.8 Å². The van der Waals surface area contributed by atoms with Gasteiger partial charge in [0, 0.05) is 25.7 Å². The number of hydrogen-bond donors (Lipinski definition) is 1. The minimum Gasteiger partial charge on any atom is -0.445 e. The maximum absolute atomic E-state index is 12.2. The van der Waals surface area contributed by atoms with E-state index in [9.17, 15) is 9.90 Å². The molecule has 24 heavy (non-hydrogen) atoms. The van der Waals surface area contributed by atoms with E-state index < -0.39 is 0 Å². The molecule has 2 fully saturated rings. The predicted octanol–water partition coefficient (Wildman–Crippen LogP) is 2.49. The lowest BCUT2D eigenvalue weighted by Crippen LogP contribution is -2.43. The molecule has 5 heteroatoms. The van der Waals surface area contributed by atoms with Crippen LogP contribution in [0.1, 0.15) is 31.2 Å². The molecular weight excluding hydrogens is 304 g/mol. The summed E-state index contributed by atoms with van der Waals surface area (Å²) in [5, 5.41) is 9.42. The van der Waals surface area contributed by atoms with Crippen LogP contribution in [-0.2, 0) is 11.3 Å². The normalized spacial score (nSPS) is 22.7. The Morgan fingerprint density at radius 1 is 1.12 bits per heavy atom. The summed E-state index contributed by atoms with van der Waals surface area (Å²) in [6, 6.07) is 10.1. The fraction of sp³-hybridized carbons (Fsp3) is 0.632. The molecule has 2 heterocycles. The lowest BCUT2D eigenvalue weighted by atomic mass is 9.96. The molecule has 132 valence electrons. The first-order chi connectivity index (χ1) is 11.8. The molecule has 2 saturated heterocycles. The Kier molecular flexibility index (Phi) is 6.10. The number of amides is 1. The van der Waals surface area contributed by atoms with Gasteiger partial charge in [-0.2, -0.15) is 0 Å². The first kappa shape index (κ1) is 17.2. The van der Waals surface area contributed by atoms with Crippen molar-refractivity contribution in [2.75, 3.05) is 32.8 Å². The van der Waals surface area contributed by atoms with Crippen molar-refractivity contribution in [2.45, 2.75) is 38.3 Å². The molecule has 0 aliphatic carbocycles. The zero-order chi connectivity index (χ0) is 16.8. The Balaban J connectivity index is 1.39. The van der Waals surface area contributed by atoms with Crippen LogP contribution in [0.4, 0.5) is 4.79 Å². The van der Waals surface area contributed by atoms with Gasteiger partial charge in [0.15, 0.2) is 0 Å². The molecule has 1 aromatic carbocycles. The van der Waals surface area contributed by atoms with Crippen molar-refractivity contribution in [1.29, 1.82) is 0 Å². The zero-order valence-electron chi connectivity index (χ0n) is 14.3. The van der Waals surface area contributed by atoms with Gasteiger partial charge < -0.3 is 14.7 Å². The second-order valence-corrected chi connectivity index (χ2v) is 6.94. The average molecular weight is 332 g/mol. The highest BCUT2D eigenvalue weighted by Crippen LogP contribution is 2.24. The van der Waals surface area contributed by atoms with Gasteiger partial charge in [0.1, 0.15) is 6.61 Å². The largest absolute Gasteiger partial charge is 0.445 e. The van der Waals surface area contributed by atoms with Crippen molar-refractivity contribution in [3.8, 4) is 0 Å². The molecule has 0 aromatic heterocycles. The van der Waals surface area contributed by atoms with E-state index in [0.717, 1.165) is 51.0 Å². The highest BCUT2D eigenvalue weighted by Gasteiger charge is 2.29. The van der Waals surface area contributed by atoms with Crippen molar-refractivity contribution >= 4 is 6.09 Å². The molecular formula is C19H28N2O3. The van der Waals surface area contributed by atoms with Crippen molar-refractivity contribution < 1.29 is 14.6 Å². The molecule has 1 amide bonds. The molecule has 1 atom stereocenters. The standard InChI is InChI=1S/C19H28N2O3/c22-14-18-7-4-10-21(18)13-16-8-11-20(12-9-16)19(23)24-15-17-5-2-1-3-6-17/h1-3,5-6,16,18,22H,4,7-15H2/t18-/m1/s1. The van der Waals surface area contributed by atoms with Crippen LogP contribution in [0.25, 0.3) is 0 Å². The molecule has 0 bridgehead atoms. The van der Waals surface area contributed by atoms with Gasteiger partial charge in [-0.25, -0.2) is 4.79 Å². The first-order valence-corrected chi connectivity index (χ1v) is 9.07. The highest BCUT2D eigenvalue weighted by molar-refractivity contribution is 5.67. The third-order valence-corrected chi connectivity index (χ3v) is 5.28. The fourth-order valence-electron chi connectivity index (χ4n) is 3.78. The summed E-state index contributed by atoms with van der Waals surface area (Å²) in [5.41, 5.74) is 1.02. The van der Waals surface area contributed by atoms with Crippen molar-refractivity contribution in [3.05, 3.63) is 35.9 Å². The van der Waals surface area contributed by atoms with Crippen LogP contribution in [0, 0.1) is 5.92 Å². The Morgan fingerprint density at radius 3 is 2.58 bits per heavy atom. The summed E-state index contributed by atoms with van der Waals surface area (Å²) in [6.45, 7) is 4.31. The van der Waals surface area contributed by atoms with Gasteiger partial charge >= 0.3 is 6.09 Å². The maximum atomic E-state index is 12.2. The smallest absolute Gasteiger partial charge is 0.410 e. The number of rotatable bonds is 5. The van der Waals surface area contributed by atoms with Gasteiger partial charge in [-0.1, -0.05) is 30.3 Å². The molecule has 0 radical (unpaired) electrons. The van der Waals surface area contributed by atoms with Crippen LogP contribution in [0.15, 0.2) is 30.3 Å². The molecule has 0 spiro atoms. The maximum Gasteiger partial charge on any atom is 0.410 e. The SMILES string of the molecule is O=C(OCc1ccccc1)N1CCC(CN2CCC[C@@H]2CO)CC1. The number of nitrogens with zero attached hydrogens (tertiary/aromatic N) is 2. The molecule has 1 N–H and O–H groups in total. The topological polar surface area (TPSA) is 53.0 Å². The van der Waals surface area contributed by atoms with Gasteiger partial charge in [0.2, 0.25) is 0 Å². The number of piperidine rings is 1. The quantitative estimate of drug-likeness (QED) is 0.900. The summed E-state index contributed by atoms with van der Waals surface area (Å²) < 4.78 is 5.41. The number of hydrogen-bond acceptors (Lipinski definition) is 4. The number of carbonyl (C=O) groups is 1. The fourth-order valence-corrected chi connectivity index (χ4v) is 3.78. The van der Waals surface area contributed by atoms with Crippen LogP contribution < -0.4 is 0 Å². The molecule has 2 aliphatic heterocycles. The third kappa shape index (κ3) is 4.48. The second-order valence-electron chi connectivity index (χ2n) is 6.94. The summed E-state index contributed by atoms with van der Waals surface area (Å²) in [4.78, 5) is 16.4. The van der Waals surface area contributed by atoms with E-state index in [1.165, 1.54) is 6.42 Å². The van der Waals surface area contributed by atoms with Gasteiger partial charge in [-0.15, -0.1) is 0 Å². The highest BCUT2D eigenvalue weighted by atomic mass is 16.6. The van der Waals surface area contributed by atoms with Gasteiger partial charge in [0.25, 0.3) is 0 Å². The summed E-state index contributed by atoms with van der Waals surface area (Å²) in [7, 11) is 0. The van der Waals surface area contributed by atoms with E-state index in [1.54, 1.807) is 0 Å². The van der Waals surface area contributed by atoms with Gasteiger partial charge in [-0.05, 0) is 43.7 Å². The van der Waals surface area contributed by atoms with Crippen LogP contribution in [0.5, 0.6) is 0 Å². The Bertz CT molecular complexity index is 515.